The number of rotatable bonds is 4. The molecule has 0 rings (SSSR count). The lowest BCUT2D eigenvalue weighted by Gasteiger charge is -2.23. The van der Waals surface area contributed by atoms with E-state index in [-0.39, 0.29) is 19.1 Å². The average molecular weight is 175 g/mol. The molecule has 72 valence electrons. The van der Waals surface area contributed by atoms with Gasteiger partial charge in [-0.1, -0.05) is 0 Å². The van der Waals surface area contributed by atoms with E-state index in [0.29, 0.717) is 0 Å². The molecule has 0 heterocycles. The number of likely N-dealkylation sites (N-methyl/N-ethyl adjacent to an activating group) is 1. The Morgan fingerprint density at radius 1 is 1.50 bits per heavy atom. The van der Waals surface area contributed by atoms with Gasteiger partial charge in [-0.3, -0.25) is 9.69 Å². The van der Waals surface area contributed by atoms with Crippen LogP contribution in [-0.2, 0) is 9.53 Å². The fourth-order valence-electron chi connectivity index (χ4n) is 0.631. The Balaban J connectivity index is 3.84. The van der Waals surface area contributed by atoms with Crippen molar-refractivity contribution >= 4 is 5.97 Å². The van der Waals surface area contributed by atoms with Gasteiger partial charge < -0.3 is 9.84 Å². The first-order chi connectivity index (χ1) is 5.37. The zero-order chi connectivity index (χ0) is 9.78. The van der Waals surface area contributed by atoms with E-state index in [4.69, 9.17) is 9.84 Å². The minimum atomic E-state index is -0.771. The summed E-state index contributed by atoms with van der Waals surface area (Å²) in [5, 5.41) is 8.79. The molecule has 0 spiro atoms. The number of esters is 1. The van der Waals surface area contributed by atoms with Crippen molar-refractivity contribution in [3.63, 3.8) is 0 Å². The normalized spacial score (nSPS) is 11.8. The smallest absolute Gasteiger partial charge is 0.320 e. The molecule has 0 aromatic rings. The van der Waals surface area contributed by atoms with Gasteiger partial charge in [0.2, 0.25) is 0 Å². The molecular formula is C8H17NO3. The highest BCUT2D eigenvalue weighted by Gasteiger charge is 2.21. The van der Waals surface area contributed by atoms with Crippen molar-refractivity contribution in [3.05, 3.63) is 0 Å². The summed E-state index contributed by atoms with van der Waals surface area (Å²) in [6.45, 7) is 3.41. The first-order valence-electron chi connectivity index (χ1n) is 3.85. The van der Waals surface area contributed by atoms with Crippen LogP contribution in [0, 0.1) is 0 Å². The summed E-state index contributed by atoms with van der Waals surface area (Å²) in [7, 11) is 3.57. The molecule has 4 heteroatoms. The number of carbonyl (C=O) groups excluding carboxylic acids is 1. The molecule has 0 saturated carbocycles. The van der Waals surface area contributed by atoms with Gasteiger partial charge in [0.25, 0.3) is 0 Å². The summed E-state index contributed by atoms with van der Waals surface area (Å²) in [4.78, 5) is 12.8. The first-order valence-corrected chi connectivity index (χ1v) is 3.85. The predicted octanol–water partition coefficient (Wildman–Crippen LogP) is -0.138. The second-order valence-corrected chi connectivity index (χ2v) is 3.63. The van der Waals surface area contributed by atoms with Crippen LogP contribution in [0.5, 0.6) is 0 Å². The van der Waals surface area contributed by atoms with Crippen molar-refractivity contribution in [3.8, 4) is 0 Å². The molecule has 0 aliphatic carbocycles. The molecule has 0 saturated heterocycles. The second kappa shape index (κ2) is 4.42. The fourth-order valence-corrected chi connectivity index (χ4v) is 0.631. The van der Waals surface area contributed by atoms with E-state index in [1.165, 1.54) is 0 Å². The number of aliphatic hydroxyl groups excluding tert-OH is 1. The lowest BCUT2D eigenvalue weighted by molar-refractivity contribution is -0.160. The van der Waals surface area contributed by atoms with Gasteiger partial charge in [-0.05, 0) is 27.9 Å². The Labute approximate surface area is 73.1 Å². The Kier molecular flexibility index (Phi) is 4.20. The van der Waals surface area contributed by atoms with Crippen molar-refractivity contribution in [1.82, 2.24) is 4.90 Å². The maximum atomic E-state index is 11.1. The molecule has 0 aliphatic heterocycles. The Hall–Kier alpha value is -0.610. The van der Waals surface area contributed by atoms with Crippen molar-refractivity contribution in [2.45, 2.75) is 19.4 Å². The van der Waals surface area contributed by atoms with Crippen LogP contribution < -0.4 is 0 Å². The van der Waals surface area contributed by atoms with Crippen molar-refractivity contribution in [2.24, 2.45) is 0 Å². The fraction of sp³-hybridized carbons (Fsp3) is 0.875. The molecule has 0 fully saturated rings. The van der Waals surface area contributed by atoms with E-state index in [9.17, 15) is 4.79 Å². The van der Waals surface area contributed by atoms with Crippen molar-refractivity contribution in [1.29, 1.82) is 0 Å². The molecule has 0 amide bonds. The van der Waals surface area contributed by atoms with Crippen molar-refractivity contribution < 1.29 is 14.6 Å². The highest BCUT2D eigenvalue weighted by molar-refractivity contribution is 5.72. The number of hydrogen-bond donors (Lipinski definition) is 1. The maximum absolute atomic E-state index is 11.1. The highest BCUT2D eigenvalue weighted by atomic mass is 16.6. The monoisotopic (exact) mass is 175 g/mol. The lowest BCUT2D eigenvalue weighted by atomic mass is 10.1. The summed E-state index contributed by atoms with van der Waals surface area (Å²) in [5.74, 6) is -0.320. The van der Waals surface area contributed by atoms with Crippen LogP contribution in [0.25, 0.3) is 0 Å². The van der Waals surface area contributed by atoms with E-state index >= 15 is 0 Å². The van der Waals surface area contributed by atoms with Crippen LogP contribution >= 0.6 is 0 Å². The van der Waals surface area contributed by atoms with Gasteiger partial charge in [0, 0.05) is 0 Å². The Morgan fingerprint density at radius 3 is 2.33 bits per heavy atom. The largest absolute Gasteiger partial charge is 0.456 e. The summed E-state index contributed by atoms with van der Waals surface area (Å²) in [6.07, 6.45) is 0. The average Bonchev–Trinajstić information content (AvgIpc) is 1.84. The summed E-state index contributed by atoms with van der Waals surface area (Å²) in [6, 6.07) is 0. The summed E-state index contributed by atoms with van der Waals surface area (Å²) >= 11 is 0. The topological polar surface area (TPSA) is 49.8 Å². The standard InChI is InChI=1S/C8H17NO3/c1-8(2,6-10)12-7(11)5-9(3)4/h10H,5-6H2,1-4H3. The van der Waals surface area contributed by atoms with E-state index < -0.39 is 5.60 Å². The summed E-state index contributed by atoms with van der Waals surface area (Å²) < 4.78 is 4.97. The van der Waals surface area contributed by atoms with Crippen LogP contribution in [0.1, 0.15) is 13.8 Å². The quantitative estimate of drug-likeness (QED) is 0.604. The van der Waals surface area contributed by atoms with Gasteiger partial charge in [-0.25, -0.2) is 0 Å². The van der Waals surface area contributed by atoms with Gasteiger partial charge in [-0.2, -0.15) is 0 Å². The van der Waals surface area contributed by atoms with E-state index in [2.05, 4.69) is 0 Å². The van der Waals surface area contributed by atoms with Gasteiger partial charge in [0.15, 0.2) is 0 Å². The van der Waals surface area contributed by atoms with Gasteiger partial charge in [-0.15, -0.1) is 0 Å². The van der Waals surface area contributed by atoms with E-state index in [1.807, 2.05) is 0 Å². The third-order valence-electron chi connectivity index (χ3n) is 1.22. The van der Waals surface area contributed by atoms with Crippen LogP contribution in [0.15, 0.2) is 0 Å². The Morgan fingerprint density at radius 2 is 2.00 bits per heavy atom. The molecule has 0 aromatic heterocycles. The van der Waals surface area contributed by atoms with E-state index in [1.54, 1.807) is 32.8 Å². The minimum Gasteiger partial charge on any atom is -0.456 e. The highest BCUT2D eigenvalue weighted by Crippen LogP contribution is 2.07. The molecule has 0 atom stereocenters. The molecule has 0 radical (unpaired) electrons. The minimum absolute atomic E-state index is 0.161. The van der Waals surface area contributed by atoms with Crippen molar-refractivity contribution in [2.75, 3.05) is 27.2 Å². The second-order valence-electron chi connectivity index (χ2n) is 3.63. The molecule has 0 unspecified atom stereocenters. The predicted molar refractivity (Wildman–Crippen MR) is 45.8 cm³/mol. The number of ether oxygens (including phenoxy) is 1. The van der Waals surface area contributed by atoms with Crippen LogP contribution in [0.4, 0.5) is 0 Å². The zero-order valence-electron chi connectivity index (χ0n) is 8.13. The number of hydrogen-bond acceptors (Lipinski definition) is 4. The zero-order valence-corrected chi connectivity index (χ0v) is 8.13. The number of carbonyl (C=O) groups is 1. The van der Waals surface area contributed by atoms with Crippen LogP contribution in [0.3, 0.4) is 0 Å². The van der Waals surface area contributed by atoms with Gasteiger partial charge in [0.05, 0.1) is 13.2 Å². The van der Waals surface area contributed by atoms with Crippen LogP contribution in [-0.4, -0.2) is 48.8 Å². The molecule has 4 nitrogen and oxygen atoms in total. The molecule has 0 aromatic carbocycles. The lowest BCUT2D eigenvalue weighted by Crippen LogP contribution is -2.35. The summed E-state index contributed by atoms with van der Waals surface area (Å²) in [5.41, 5.74) is -0.771. The van der Waals surface area contributed by atoms with Gasteiger partial charge in [0.1, 0.15) is 5.60 Å². The Bertz CT molecular complexity index is 154. The maximum Gasteiger partial charge on any atom is 0.320 e. The molecule has 0 aliphatic rings. The number of aliphatic hydroxyl groups is 1. The van der Waals surface area contributed by atoms with Gasteiger partial charge >= 0.3 is 5.97 Å². The third kappa shape index (κ3) is 5.09. The molecule has 12 heavy (non-hydrogen) atoms. The molecule has 0 bridgehead atoms. The first kappa shape index (κ1) is 11.4. The molecular weight excluding hydrogens is 158 g/mol. The number of nitrogens with zero attached hydrogens (tertiary/aromatic N) is 1. The van der Waals surface area contributed by atoms with Crippen LogP contribution in [0.2, 0.25) is 0 Å². The van der Waals surface area contributed by atoms with E-state index in [0.717, 1.165) is 0 Å². The third-order valence-corrected chi connectivity index (χ3v) is 1.22. The SMILES string of the molecule is CN(C)CC(=O)OC(C)(C)CO. The molecule has 1 N–H and O–H groups in total.